The molecule has 1 aromatic heterocycles. The lowest BCUT2D eigenvalue weighted by Crippen LogP contribution is -2.25. The molecule has 9 heteroatoms. The molecule has 0 radical (unpaired) electrons. The van der Waals surface area contributed by atoms with Crippen LogP contribution in [0.1, 0.15) is 18.2 Å². The minimum Gasteiger partial charge on any atom is -0.480 e. The fourth-order valence-electron chi connectivity index (χ4n) is 1.80. The Hall–Kier alpha value is -2.29. The standard InChI is InChI=1S/C14H13F2N3O3S/c1-2-10-13(22)17-14(19(18-10)6-11(20)21)23-7-8-4-3-5-9(15)12(8)16/h3-5H,2,6-7H2,1H3,(H,20,21). The topological polar surface area (TPSA) is 85.1 Å². The van der Waals surface area contributed by atoms with E-state index in [0.717, 1.165) is 22.5 Å². The first kappa shape index (κ1) is 17.1. The van der Waals surface area contributed by atoms with Crippen LogP contribution in [0.2, 0.25) is 0 Å². The van der Waals surface area contributed by atoms with Gasteiger partial charge in [-0.05, 0) is 12.5 Å². The molecule has 0 atom stereocenters. The van der Waals surface area contributed by atoms with Gasteiger partial charge in [-0.15, -0.1) is 0 Å². The zero-order valence-corrected chi connectivity index (χ0v) is 12.9. The van der Waals surface area contributed by atoms with E-state index in [9.17, 15) is 18.4 Å². The number of aliphatic carboxylic acids is 1. The third kappa shape index (κ3) is 4.13. The minimum absolute atomic E-state index is 0.0111. The molecule has 1 aromatic carbocycles. The normalized spacial score (nSPS) is 10.7. The third-order valence-corrected chi connectivity index (χ3v) is 3.93. The van der Waals surface area contributed by atoms with Gasteiger partial charge in [-0.2, -0.15) is 10.1 Å². The minimum atomic E-state index is -1.15. The van der Waals surface area contributed by atoms with E-state index >= 15 is 0 Å². The van der Waals surface area contributed by atoms with Gasteiger partial charge in [-0.1, -0.05) is 30.8 Å². The van der Waals surface area contributed by atoms with Crippen molar-refractivity contribution >= 4 is 17.7 Å². The highest BCUT2D eigenvalue weighted by Crippen LogP contribution is 2.22. The molecule has 0 aliphatic heterocycles. The van der Waals surface area contributed by atoms with Crippen LogP contribution in [-0.4, -0.2) is 25.8 Å². The summed E-state index contributed by atoms with van der Waals surface area (Å²) in [4.78, 5) is 26.4. The summed E-state index contributed by atoms with van der Waals surface area (Å²) >= 11 is 0.918. The number of hydrogen-bond acceptors (Lipinski definition) is 5. The highest BCUT2D eigenvalue weighted by Gasteiger charge is 2.14. The van der Waals surface area contributed by atoms with Crippen LogP contribution in [0.3, 0.4) is 0 Å². The number of benzene rings is 1. The quantitative estimate of drug-likeness (QED) is 0.807. The first-order valence-corrected chi connectivity index (χ1v) is 7.66. The van der Waals surface area contributed by atoms with Crippen LogP contribution in [0, 0.1) is 11.6 Å². The first-order chi connectivity index (χ1) is 10.9. The van der Waals surface area contributed by atoms with Gasteiger partial charge < -0.3 is 5.11 Å². The summed E-state index contributed by atoms with van der Waals surface area (Å²) in [6.07, 6.45) is 0.314. The smallest absolute Gasteiger partial charge is 0.325 e. The molecule has 23 heavy (non-hydrogen) atoms. The predicted octanol–water partition coefficient (Wildman–Crippen LogP) is 1.86. The number of aromatic nitrogens is 3. The second-order valence-corrected chi connectivity index (χ2v) is 5.50. The fraction of sp³-hybridized carbons (Fsp3) is 0.286. The van der Waals surface area contributed by atoms with Gasteiger partial charge >= 0.3 is 5.97 Å². The maximum Gasteiger partial charge on any atom is 0.325 e. The van der Waals surface area contributed by atoms with Crippen molar-refractivity contribution in [3.8, 4) is 0 Å². The Kier molecular flexibility index (Phi) is 5.43. The second-order valence-electron chi connectivity index (χ2n) is 4.55. The van der Waals surface area contributed by atoms with Crippen molar-refractivity contribution in [2.45, 2.75) is 30.8 Å². The molecule has 0 spiro atoms. The highest BCUT2D eigenvalue weighted by atomic mass is 32.2. The van der Waals surface area contributed by atoms with Gasteiger partial charge in [0.1, 0.15) is 12.2 Å². The molecule has 0 aliphatic rings. The van der Waals surface area contributed by atoms with E-state index in [0.29, 0.717) is 6.42 Å². The molecule has 0 amide bonds. The summed E-state index contributed by atoms with van der Waals surface area (Å²) in [6.45, 7) is 1.22. The lowest BCUT2D eigenvalue weighted by atomic mass is 10.2. The van der Waals surface area contributed by atoms with Gasteiger partial charge in [-0.25, -0.2) is 13.5 Å². The fourth-order valence-corrected chi connectivity index (χ4v) is 2.71. The molecule has 0 unspecified atom stereocenters. The van der Waals surface area contributed by atoms with Crippen molar-refractivity contribution in [1.29, 1.82) is 0 Å². The van der Waals surface area contributed by atoms with Crippen molar-refractivity contribution in [2.75, 3.05) is 0 Å². The van der Waals surface area contributed by atoms with Gasteiger partial charge in [0.15, 0.2) is 16.8 Å². The number of carboxylic acid groups (broad SMARTS) is 1. The Bertz CT molecular complexity index is 795. The zero-order valence-electron chi connectivity index (χ0n) is 12.1. The molecular formula is C14H13F2N3O3S. The summed E-state index contributed by atoms with van der Waals surface area (Å²) in [5, 5.41) is 12.9. The van der Waals surface area contributed by atoms with E-state index in [4.69, 9.17) is 5.11 Å². The molecule has 2 rings (SSSR count). The van der Waals surface area contributed by atoms with Crippen molar-refractivity contribution < 1.29 is 18.7 Å². The monoisotopic (exact) mass is 341 g/mol. The SMILES string of the molecule is CCc1nn(CC(=O)O)c(SCc2cccc(F)c2F)nc1=O. The molecule has 0 bridgehead atoms. The Balaban J connectivity index is 2.31. The van der Waals surface area contributed by atoms with Crippen LogP contribution < -0.4 is 5.56 Å². The first-order valence-electron chi connectivity index (χ1n) is 6.68. The van der Waals surface area contributed by atoms with Crippen molar-refractivity contribution in [3.05, 3.63) is 51.4 Å². The molecule has 122 valence electrons. The number of rotatable bonds is 6. The van der Waals surface area contributed by atoms with Crippen LogP contribution in [0.4, 0.5) is 8.78 Å². The van der Waals surface area contributed by atoms with Gasteiger partial charge in [0.25, 0.3) is 5.56 Å². The maximum atomic E-state index is 13.6. The van der Waals surface area contributed by atoms with Gasteiger partial charge in [-0.3, -0.25) is 9.59 Å². The Labute approximate surface area is 134 Å². The van der Waals surface area contributed by atoms with Gasteiger partial charge in [0.05, 0.1) is 0 Å². The number of nitrogens with zero attached hydrogens (tertiary/aromatic N) is 3. The van der Waals surface area contributed by atoms with Crippen LogP contribution >= 0.6 is 11.8 Å². The maximum absolute atomic E-state index is 13.6. The summed E-state index contributed by atoms with van der Waals surface area (Å²) in [7, 11) is 0. The number of halogens is 2. The second kappa shape index (κ2) is 7.32. The van der Waals surface area contributed by atoms with Crippen LogP contribution in [0.5, 0.6) is 0 Å². The lowest BCUT2D eigenvalue weighted by molar-refractivity contribution is -0.138. The summed E-state index contributed by atoms with van der Waals surface area (Å²) < 4.78 is 27.9. The van der Waals surface area contributed by atoms with E-state index in [1.165, 1.54) is 12.1 Å². The molecular weight excluding hydrogens is 328 g/mol. The van der Waals surface area contributed by atoms with Crippen molar-refractivity contribution in [3.63, 3.8) is 0 Å². The highest BCUT2D eigenvalue weighted by molar-refractivity contribution is 7.98. The summed E-state index contributed by atoms with van der Waals surface area (Å²) in [5.74, 6) is -3.12. The number of aryl methyl sites for hydroxylation is 1. The van der Waals surface area contributed by atoms with E-state index in [2.05, 4.69) is 10.1 Å². The number of hydrogen-bond donors (Lipinski definition) is 1. The molecule has 0 saturated carbocycles. The Morgan fingerprint density at radius 2 is 2.13 bits per heavy atom. The number of carbonyl (C=O) groups is 1. The Morgan fingerprint density at radius 1 is 1.39 bits per heavy atom. The van der Waals surface area contributed by atoms with Crippen LogP contribution in [0.25, 0.3) is 0 Å². The van der Waals surface area contributed by atoms with Crippen molar-refractivity contribution in [2.24, 2.45) is 0 Å². The van der Waals surface area contributed by atoms with E-state index < -0.39 is 29.7 Å². The van der Waals surface area contributed by atoms with E-state index in [-0.39, 0.29) is 22.2 Å². The molecule has 6 nitrogen and oxygen atoms in total. The van der Waals surface area contributed by atoms with Crippen molar-refractivity contribution in [1.82, 2.24) is 14.8 Å². The summed E-state index contributed by atoms with van der Waals surface area (Å²) in [5.41, 5.74) is -0.324. The molecule has 0 fully saturated rings. The van der Waals surface area contributed by atoms with E-state index in [1.807, 2.05) is 0 Å². The average Bonchev–Trinajstić information content (AvgIpc) is 2.50. The molecule has 0 saturated heterocycles. The van der Waals surface area contributed by atoms with Crippen LogP contribution in [0.15, 0.2) is 28.2 Å². The molecule has 2 aromatic rings. The third-order valence-electron chi connectivity index (χ3n) is 2.91. The number of thioether (sulfide) groups is 1. The predicted molar refractivity (Wildman–Crippen MR) is 79.2 cm³/mol. The zero-order chi connectivity index (χ0) is 17.0. The Morgan fingerprint density at radius 3 is 2.78 bits per heavy atom. The molecule has 0 aliphatic carbocycles. The van der Waals surface area contributed by atoms with Gasteiger partial charge in [0.2, 0.25) is 0 Å². The van der Waals surface area contributed by atoms with Gasteiger partial charge in [0, 0.05) is 11.3 Å². The molecule has 1 heterocycles. The average molecular weight is 341 g/mol. The molecule has 1 N–H and O–H groups in total. The number of carboxylic acids is 1. The lowest BCUT2D eigenvalue weighted by Gasteiger charge is -2.10. The van der Waals surface area contributed by atoms with E-state index in [1.54, 1.807) is 6.92 Å². The van der Waals surface area contributed by atoms with Crippen LogP contribution in [-0.2, 0) is 23.5 Å². The summed E-state index contributed by atoms with van der Waals surface area (Å²) in [6, 6.07) is 3.77. The largest absolute Gasteiger partial charge is 0.480 e.